The Balaban J connectivity index is 1.86. The maximum absolute atomic E-state index is 12.8. The predicted molar refractivity (Wildman–Crippen MR) is 97.7 cm³/mol. The summed E-state index contributed by atoms with van der Waals surface area (Å²) in [5, 5.41) is 18.4. The molecule has 0 unspecified atom stereocenters. The van der Waals surface area contributed by atoms with Gasteiger partial charge >= 0.3 is 6.18 Å². The third-order valence-electron chi connectivity index (χ3n) is 3.84. The van der Waals surface area contributed by atoms with Gasteiger partial charge < -0.3 is 5.32 Å². The first-order chi connectivity index (χ1) is 13.4. The molecule has 0 saturated carbocycles. The first kappa shape index (κ1) is 18.9. The Morgan fingerprint density at radius 2 is 1.89 bits per heavy atom. The summed E-state index contributed by atoms with van der Waals surface area (Å²) < 4.78 is 38.4. The number of amides is 1. The number of halogens is 3. The Labute approximate surface area is 158 Å². The van der Waals surface area contributed by atoms with E-state index < -0.39 is 17.6 Å². The van der Waals surface area contributed by atoms with Crippen LogP contribution in [0.5, 0.6) is 0 Å². The summed E-state index contributed by atoms with van der Waals surface area (Å²) in [5.74, 6) is -0.818. The van der Waals surface area contributed by atoms with Gasteiger partial charge in [-0.3, -0.25) is 9.89 Å². The number of anilines is 1. The highest BCUT2D eigenvalue weighted by molar-refractivity contribution is 6.10. The molecule has 3 aromatic rings. The van der Waals surface area contributed by atoms with E-state index in [1.807, 2.05) is 30.3 Å². The maximum atomic E-state index is 12.8. The average molecular weight is 382 g/mol. The second kappa shape index (κ2) is 7.80. The molecular formula is C20H13F3N4O. The summed E-state index contributed by atoms with van der Waals surface area (Å²) >= 11 is 0. The van der Waals surface area contributed by atoms with Crippen molar-refractivity contribution in [1.82, 2.24) is 10.2 Å². The molecule has 1 heterocycles. The number of hydrogen-bond donors (Lipinski definition) is 2. The largest absolute Gasteiger partial charge is 0.416 e. The van der Waals surface area contributed by atoms with E-state index in [9.17, 15) is 23.2 Å². The van der Waals surface area contributed by atoms with Crippen LogP contribution in [0.3, 0.4) is 0 Å². The van der Waals surface area contributed by atoms with Crippen molar-refractivity contribution >= 4 is 17.7 Å². The highest BCUT2D eigenvalue weighted by Gasteiger charge is 2.30. The monoisotopic (exact) mass is 382 g/mol. The van der Waals surface area contributed by atoms with Gasteiger partial charge in [-0.25, -0.2) is 0 Å². The normalized spacial score (nSPS) is 11.7. The van der Waals surface area contributed by atoms with Crippen molar-refractivity contribution in [2.45, 2.75) is 6.18 Å². The highest BCUT2D eigenvalue weighted by atomic mass is 19.4. The van der Waals surface area contributed by atoms with Crippen molar-refractivity contribution in [3.63, 3.8) is 0 Å². The van der Waals surface area contributed by atoms with Gasteiger partial charge in [-0.2, -0.15) is 23.5 Å². The van der Waals surface area contributed by atoms with Gasteiger partial charge in [-0.15, -0.1) is 0 Å². The van der Waals surface area contributed by atoms with E-state index in [4.69, 9.17) is 0 Å². The summed E-state index contributed by atoms with van der Waals surface area (Å²) in [7, 11) is 0. The number of nitriles is 1. The quantitative estimate of drug-likeness (QED) is 0.509. The summed E-state index contributed by atoms with van der Waals surface area (Å²) in [5.41, 5.74) is 0.699. The van der Waals surface area contributed by atoms with Crippen LogP contribution in [0.1, 0.15) is 11.1 Å². The van der Waals surface area contributed by atoms with E-state index in [1.54, 1.807) is 6.07 Å². The summed E-state index contributed by atoms with van der Waals surface area (Å²) in [4.78, 5) is 12.4. The third kappa shape index (κ3) is 4.27. The van der Waals surface area contributed by atoms with Crippen molar-refractivity contribution in [3.8, 4) is 17.3 Å². The van der Waals surface area contributed by atoms with E-state index in [0.717, 1.165) is 17.7 Å². The molecule has 0 spiro atoms. The van der Waals surface area contributed by atoms with Crippen molar-refractivity contribution in [3.05, 3.63) is 77.5 Å². The fourth-order valence-electron chi connectivity index (χ4n) is 2.52. The Bertz CT molecular complexity index is 1060. The zero-order valence-electron chi connectivity index (χ0n) is 14.3. The van der Waals surface area contributed by atoms with Crippen LogP contribution < -0.4 is 5.32 Å². The lowest BCUT2D eigenvalue weighted by molar-refractivity contribution is -0.137. The molecule has 5 nitrogen and oxygen atoms in total. The molecule has 140 valence electrons. The Morgan fingerprint density at radius 1 is 1.14 bits per heavy atom. The first-order valence-corrected chi connectivity index (χ1v) is 8.07. The highest BCUT2D eigenvalue weighted by Crippen LogP contribution is 2.31. The molecule has 1 aromatic heterocycles. The number of nitrogens with zero attached hydrogens (tertiary/aromatic N) is 2. The van der Waals surface area contributed by atoms with Crippen LogP contribution in [-0.4, -0.2) is 16.1 Å². The molecule has 2 aromatic carbocycles. The molecule has 2 N–H and O–H groups in total. The Hall–Kier alpha value is -3.86. The number of H-pyrrole nitrogens is 1. The standard InChI is InChI=1S/C20H13F3N4O/c21-20(22,23)16-7-4-8-17(10-16)26-19(28)14(11-24)9-15-12-25-27-18(15)13-5-2-1-3-6-13/h1-10,12H,(H,25,27)(H,26,28). The summed E-state index contributed by atoms with van der Waals surface area (Å²) in [6, 6.07) is 15.1. The van der Waals surface area contributed by atoms with Crippen LogP contribution in [0, 0.1) is 11.3 Å². The van der Waals surface area contributed by atoms with Crippen molar-refractivity contribution < 1.29 is 18.0 Å². The van der Waals surface area contributed by atoms with Crippen LogP contribution in [0.2, 0.25) is 0 Å². The number of aromatic nitrogens is 2. The Morgan fingerprint density at radius 3 is 2.57 bits per heavy atom. The molecule has 0 saturated heterocycles. The van der Waals surface area contributed by atoms with Crippen LogP contribution >= 0.6 is 0 Å². The maximum Gasteiger partial charge on any atom is 0.416 e. The van der Waals surface area contributed by atoms with Gasteiger partial charge in [0.05, 0.1) is 17.5 Å². The van der Waals surface area contributed by atoms with Gasteiger partial charge in [-0.05, 0) is 24.3 Å². The predicted octanol–water partition coefficient (Wildman–Crippen LogP) is 4.64. The van der Waals surface area contributed by atoms with E-state index in [2.05, 4.69) is 15.5 Å². The molecule has 0 atom stereocenters. The molecule has 0 aliphatic rings. The van der Waals surface area contributed by atoms with Gasteiger partial charge in [0.2, 0.25) is 0 Å². The Kier molecular flexibility index (Phi) is 5.27. The zero-order chi connectivity index (χ0) is 20.1. The zero-order valence-corrected chi connectivity index (χ0v) is 14.3. The van der Waals surface area contributed by atoms with Crippen LogP contribution in [-0.2, 0) is 11.0 Å². The van der Waals surface area contributed by atoms with Gasteiger partial charge in [-0.1, -0.05) is 36.4 Å². The molecule has 0 radical (unpaired) electrons. The molecule has 0 fully saturated rings. The number of aromatic amines is 1. The van der Waals surface area contributed by atoms with Crippen molar-refractivity contribution in [2.24, 2.45) is 0 Å². The molecule has 8 heteroatoms. The van der Waals surface area contributed by atoms with E-state index in [1.165, 1.54) is 24.4 Å². The van der Waals surface area contributed by atoms with Gasteiger partial charge in [0.25, 0.3) is 5.91 Å². The minimum Gasteiger partial charge on any atom is -0.321 e. The number of benzene rings is 2. The first-order valence-electron chi connectivity index (χ1n) is 8.07. The van der Waals surface area contributed by atoms with Crippen LogP contribution in [0.25, 0.3) is 17.3 Å². The minimum absolute atomic E-state index is 0.0588. The summed E-state index contributed by atoms with van der Waals surface area (Å²) in [6.07, 6.45) is -1.75. The third-order valence-corrected chi connectivity index (χ3v) is 3.84. The fraction of sp³-hybridized carbons (Fsp3) is 0.0500. The number of rotatable bonds is 4. The minimum atomic E-state index is -4.53. The van der Waals surface area contributed by atoms with E-state index in [-0.39, 0.29) is 11.3 Å². The van der Waals surface area contributed by atoms with Crippen molar-refractivity contribution in [1.29, 1.82) is 5.26 Å². The molecule has 0 aliphatic carbocycles. The molecule has 28 heavy (non-hydrogen) atoms. The lowest BCUT2D eigenvalue weighted by atomic mass is 10.1. The van der Waals surface area contributed by atoms with Gasteiger partial charge in [0.1, 0.15) is 11.6 Å². The molecule has 0 bridgehead atoms. The average Bonchev–Trinajstić information content (AvgIpc) is 3.14. The molecule has 3 rings (SSSR count). The number of nitrogens with one attached hydrogen (secondary N) is 2. The SMILES string of the molecule is N#CC(=Cc1cn[nH]c1-c1ccccc1)C(=O)Nc1cccc(C(F)(F)F)c1. The number of alkyl halides is 3. The number of carbonyl (C=O) groups excluding carboxylic acids is 1. The molecule has 1 amide bonds. The van der Waals surface area contributed by atoms with Crippen LogP contribution in [0.15, 0.2) is 66.4 Å². The number of hydrogen-bond acceptors (Lipinski definition) is 3. The van der Waals surface area contributed by atoms with Gasteiger partial charge in [0, 0.05) is 16.8 Å². The second-order valence-electron chi connectivity index (χ2n) is 5.77. The van der Waals surface area contributed by atoms with Gasteiger partial charge in [0.15, 0.2) is 0 Å². The van der Waals surface area contributed by atoms with E-state index >= 15 is 0 Å². The van der Waals surface area contributed by atoms with Crippen molar-refractivity contribution in [2.75, 3.05) is 5.32 Å². The van der Waals surface area contributed by atoms with Crippen LogP contribution in [0.4, 0.5) is 18.9 Å². The lowest BCUT2D eigenvalue weighted by Gasteiger charge is -2.09. The topological polar surface area (TPSA) is 81.6 Å². The summed E-state index contributed by atoms with van der Waals surface area (Å²) in [6.45, 7) is 0. The fourth-order valence-corrected chi connectivity index (χ4v) is 2.52. The molecule has 0 aliphatic heterocycles. The second-order valence-corrected chi connectivity index (χ2v) is 5.77. The lowest BCUT2D eigenvalue weighted by Crippen LogP contribution is -2.14. The molecular weight excluding hydrogens is 369 g/mol. The number of carbonyl (C=O) groups is 1. The van der Waals surface area contributed by atoms with E-state index in [0.29, 0.717) is 11.3 Å². The smallest absolute Gasteiger partial charge is 0.321 e.